The van der Waals surface area contributed by atoms with Crippen molar-refractivity contribution in [1.82, 2.24) is 0 Å². The first kappa shape index (κ1) is 23.3. The highest BCUT2D eigenvalue weighted by atomic mass is 16.3. The topological polar surface area (TPSA) is 71.0 Å². The summed E-state index contributed by atoms with van der Waals surface area (Å²) in [7, 11) is 0. The number of aliphatic imine (C=N–C) groups is 2. The lowest BCUT2D eigenvalue weighted by Gasteiger charge is -2.01. The minimum atomic E-state index is 0.329. The lowest BCUT2D eigenvalue weighted by atomic mass is 10.1. The minimum absolute atomic E-state index is 0.329. The van der Waals surface area contributed by atoms with Gasteiger partial charge in [-0.25, -0.2) is 0 Å². The van der Waals surface area contributed by atoms with E-state index < -0.39 is 0 Å². The van der Waals surface area contributed by atoms with Crippen LogP contribution in [0.15, 0.2) is 82.6 Å². The Morgan fingerprint density at radius 1 is 1.12 bits per heavy atom. The molecule has 4 heteroatoms. The largest absolute Gasteiger partial charge is 0.508 e. The molecule has 0 radical (unpaired) electrons. The van der Waals surface area contributed by atoms with Crippen LogP contribution in [0.1, 0.15) is 33.3 Å². The molecular weight excluding hydrogens is 322 g/mol. The van der Waals surface area contributed by atoms with Gasteiger partial charge in [-0.15, -0.1) is 0 Å². The van der Waals surface area contributed by atoms with Gasteiger partial charge < -0.3 is 10.8 Å². The highest BCUT2D eigenvalue weighted by Gasteiger charge is 1.96. The van der Waals surface area contributed by atoms with Gasteiger partial charge in [-0.3, -0.25) is 9.98 Å². The summed E-state index contributed by atoms with van der Waals surface area (Å²) in [5.74, 6) is 0.329. The van der Waals surface area contributed by atoms with Crippen LogP contribution in [0, 0.1) is 6.92 Å². The maximum Gasteiger partial charge on any atom is 0.115 e. The van der Waals surface area contributed by atoms with Crippen LogP contribution < -0.4 is 5.73 Å². The summed E-state index contributed by atoms with van der Waals surface area (Å²) >= 11 is 0. The summed E-state index contributed by atoms with van der Waals surface area (Å²) in [6, 6.07) is 7.09. The van der Waals surface area contributed by atoms with E-state index in [4.69, 9.17) is 10.8 Å². The van der Waals surface area contributed by atoms with Gasteiger partial charge in [0.15, 0.2) is 0 Å². The van der Waals surface area contributed by atoms with Gasteiger partial charge in [0.25, 0.3) is 0 Å². The van der Waals surface area contributed by atoms with Gasteiger partial charge >= 0.3 is 0 Å². The van der Waals surface area contributed by atoms with Crippen LogP contribution in [0.4, 0.5) is 0 Å². The van der Waals surface area contributed by atoms with Crippen LogP contribution in [0.25, 0.3) is 0 Å². The van der Waals surface area contributed by atoms with Crippen molar-refractivity contribution in [2.45, 2.75) is 34.6 Å². The fraction of sp³-hybridized carbons (Fsp3) is 0.273. The smallest absolute Gasteiger partial charge is 0.115 e. The van der Waals surface area contributed by atoms with E-state index in [1.165, 1.54) is 5.56 Å². The summed E-state index contributed by atoms with van der Waals surface area (Å²) in [4.78, 5) is 8.63. The third kappa shape index (κ3) is 10.2. The Bertz CT molecular complexity index is 684. The number of aryl methyl sites for hydroxylation is 1. The van der Waals surface area contributed by atoms with E-state index in [0.29, 0.717) is 12.3 Å². The van der Waals surface area contributed by atoms with Gasteiger partial charge in [0, 0.05) is 18.9 Å². The van der Waals surface area contributed by atoms with Crippen molar-refractivity contribution < 1.29 is 5.11 Å². The number of phenols is 1. The highest BCUT2D eigenvalue weighted by molar-refractivity contribution is 6.40. The number of phenolic OH excluding ortho intramolecular Hbond substituents is 1. The zero-order valence-electron chi connectivity index (χ0n) is 16.5. The molecule has 0 unspecified atom stereocenters. The Morgan fingerprint density at radius 2 is 1.69 bits per heavy atom. The zero-order valence-corrected chi connectivity index (χ0v) is 16.5. The minimum Gasteiger partial charge on any atom is -0.508 e. The predicted octanol–water partition coefficient (Wildman–Crippen LogP) is 5.12. The van der Waals surface area contributed by atoms with Crippen molar-refractivity contribution in [3.8, 4) is 5.75 Å². The molecule has 1 aromatic carbocycles. The monoisotopic (exact) mass is 353 g/mol. The SMILES string of the molecule is C=CC(=C\CN)/C(C)=C/N=C(C)C(C)=N/C=C\C.Cc1ccc(O)cc1. The number of benzene rings is 1. The van der Waals surface area contributed by atoms with Crippen LogP contribution in [0.2, 0.25) is 0 Å². The highest BCUT2D eigenvalue weighted by Crippen LogP contribution is 2.10. The first-order valence-electron chi connectivity index (χ1n) is 8.51. The molecule has 0 saturated heterocycles. The summed E-state index contributed by atoms with van der Waals surface area (Å²) < 4.78 is 0. The summed E-state index contributed by atoms with van der Waals surface area (Å²) in [6.45, 7) is 14.0. The molecule has 4 nitrogen and oxygen atoms in total. The van der Waals surface area contributed by atoms with Crippen molar-refractivity contribution >= 4 is 11.4 Å². The van der Waals surface area contributed by atoms with Crippen LogP contribution in [-0.2, 0) is 0 Å². The average Bonchev–Trinajstić information content (AvgIpc) is 2.64. The molecule has 0 atom stereocenters. The van der Waals surface area contributed by atoms with Crippen molar-refractivity contribution in [3.05, 3.63) is 78.2 Å². The van der Waals surface area contributed by atoms with Crippen molar-refractivity contribution in [2.24, 2.45) is 15.7 Å². The quantitative estimate of drug-likeness (QED) is 0.550. The van der Waals surface area contributed by atoms with E-state index >= 15 is 0 Å². The molecule has 0 saturated carbocycles. The zero-order chi connectivity index (χ0) is 19.9. The number of rotatable bonds is 6. The molecule has 0 aliphatic heterocycles. The lowest BCUT2D eigenvalue weighted by Crippen LogP contribution is -2.04. The number of nitrogens with zero attached hydrogens (tertiary/aromatic N) is 2. The van der Waals surface area contributed by atoms with Gasteiger partial charge in [-0.2, -0.15) is 0 Å². The van der Waals surface area contributed by atoms with E-state index in [9.17, 15) is 0 Å². The van der Waals surface area contributed by atoms with E-state index in [0.717, 1.165) is 22.6 Å². The molecule has 0 spiro atoms. The summed E-state index contributed by atoms with van der Waals surface area (Å²) in [5.41, 5.74) is 10.5. The van der Waals surface area contributed by atoms with Crippen molar-refractivity contribution in [1.29, 1.82) is 0 Å². The van der Waals surface area contributed by atoms with Crippen LogP contribution in [-0.4, -0.2) is 23.1 Å². The van der Waals surface area contributed by atoms with E-state index in [1.54, 1.807) is 24.4 Å². The third-order valence-electron chi connectivity index (χ3n) is 3.44. The second kappa shape index (κ2) is 13.6. The molecule has 0 aliphatic carbocycles. The maximum atomic E-state index is 8.76. The summed E-state index contributed by atoms with van der Waals surface area (Å²) in [5, 5.41) is 8.76. The molecule has 0 aliphatic rings. The molecule has 3 N–H and O–H groups in total. The van der Waals surface area contributed by atoms with Gasteiger partial charge in [-0.05, 0) is 57.9 Å². The fourth-order valence-electron chi connectivity index (χ4n) is 1.72. The lowest BCUT2D eigenvalue weighted by molar-refractivity contribution is 0.475. The molecule has 0 aromatic heterocycles. The van der Waals surface area contributed by atoms with Gasteiger partial charge in [0.1, 0.15) is 5.75 Å². The molecule has 0 amide bonds. The predicted molar refractivity (Wildman–Crippen MR) is 115 cm³/mol. The van der Waals surface area contributed by atoms with Crippen LogP contribution in [0.3, 0.4) is 0 Å². The van der Waals surface area contributed by atoms with Crippen molar-refractivity contribution in [3.63, 3.8) is 0 Å². The Labute approximate surface area is 157 Å². The number of aromatic hydroxyl groups is 1. The Kier molecular flexibility index (Phi) is 12.1. The molecule has 1 rings (SSSR count). The van der Waals surface area contributed by atoms with Crippen LogP contribution in [0.5, 0.6) is 5.75 Å². The number of hydrogen-bond acceptors (Lipinski definition) is 4. The van der Waals surface area contributed by atoms with Gasteiger partial charge in [0.2, 0.25) is 0 Å². The second-order valence-electron chi connectivity index (χ2n) is 5.66. The third-order valence-corrected chi connectivity index (χ3v) is 3.44. The molecular formula is C22H31N3O. The normalized spacial score (nSPS) is 13.5. The second-order valence-corrected chi connectivity index (χ2v) is 5.66. The molecule has 140 valence electrons. The van der Waals surface area contributed by atoms with Gasteiger partial charge in [0.05, 0.1) is 11.4 Å². The Balaban J connectivity index is 0.000000642. The van der Waals surface area contributed by atoms with E-state index in [-0.39, 0.29) is 0 Å². The van der Waals surface area contributed by atoms with E-state index in [2.05, 4.69) is 16.6 Å². The van der Waals surface area contributed by atoms with Crippen molar-refractivity contribution in [2.75, 3.05) is 6.54 Å². The standard InChI is InChI=1S/C15H23N3.C7H8O/c1-6-10-17-13(4)14(5)18-11-12(3)15(7-2)8-9-16;1-6-2-4-7(8)5-3-6/h6-8,10-11H,2,9,16H2,1,3-5H3;2-5,8H,1H3/b10-6-,12-11+,15-8+,17-13?,18-14?;. The number of hydrogen-bond donors (Lipinski definition) is 2. The molecule has 0 bridgehead atoms. The number of nitrogens with two attached hydrogens (primary N) is 1. The summed E-state index contributed by atoms with van der Waals surface area (Å²) in [6.07, 6.45) is 9.16. The van der Waals surface area contributed by atoms with Crippen LogP contribution >= 0.6 is 0 Å². The molecule has 0 fully saturated rings. The Hall–Kier alpha value is -2.72. The first-order chi connectivity index (χ1) is 12.3. The molecule has 0 heterocycles. The van der Waals surface area contributed by atoms with Gasteiger partial charge in [-0.1, -0.05) is 42.5 Å². The first-order valence-corrected chi connectivity index (χ1v) is 8.51. The maximum absolute atomic E-state index is 8.76. The number of allylic oxidation sites excluding steroid dienone is 4. The molecule has 26 heavy (non-hydrogen) atoms. The average molecular weight is 354 g/mol. The van der Waals surface area contributed by atoms with E-state index in [1.807, 2.05) is 65.1 Å². The fourth-order valence-corrected chi connectivity index (χ4v) is 1.72. The molecule has 1 aromatic rings. The Morgan fingerprint density at radius 3 is 2.15 bits per heavy atom.